The van der Waals surface area contributed by atoms with Crippen LogP contribution in [-0.4, -0.2) is 24.5 Å². The molecule has 4 nitrogen and oxygen atoms in total. The van der Waals surface area contributed by atoms with Crippen LogP contribution >= 0.6 is 0 Å². The Bertz CT molecular complexity index is 593. The summed E-state index contributed by atoms with van der Waals surface area (Å²) >= 11 is 0. The topological polar surface area (TPSA) is 55.4 Å². The second-order valence-electron chi connectivity index (χ2n) is 11.3. The number of rotatable bonds is 4. The average Bonchev–Trinajstić information content (AvgIpc) is 2.61. The lowest BCUT2D eigenvalue weighted by Crippen LogP contribution is -2.56. The second-order valence-corrected chi connectivity index (χ2v) is 11.3. The summed E-state index contributed by atoms with van der Waals surface area (Å²) in [5.74, 6) is 5.21. The van der Waals surface area contributed by atoms with Crippen LogP contribution in [-0.2, 0) is 14.3 Å². The lowest BCUT2D eigenvalue weighted by atomic mass is 9.49. The van der Waals surface area contributed by atoms with Gasteiger partial charge in [-0.25, -0.2) is 0 Å². The van der Waals surface area contributed by atoms with Crippen LogP contribution < -0.4 is 5.32 Å². The lowest BCUT2D eigenvalue weighted by molar-refractivity contribution is -0.173. The third kappa shape index (κ3) is 2.76. The van der Waals surface area contributed by atoms with Crippen molar-refractivity contribution >= 4 is 11.9 Å². The van der Waals surface area contributed by atoms with Crippen LogP contribution in [0.5, 0.6) is 0 Å². The lowest BCUT2D eigenvalue weighted by Gasteiger charge is -2.55. The van der Waals surface area contributed by atoms with E-state index in [1.807, 2.05) is 0 Å². The minimum Gasteiger partial charge on any atom is -0.455 e. The Kier molecular flexibility index (Phi) is 3.73. The minimum absolute atomic E-state index is 0.0643. The smallest absolute Gasteiger partial charge is 0.312 e. The molecule has 1 N–H and O–H groups in total. The van der Waals surface area contributed by atoms with Crippen molar-refractivity contribution in [3.8, 4) is 0 Å². The number of carbonyl (C=O) groups excluding carboxylic acids is 2. The van der Waals surface area contributed by atoms with E-state index >= 15 is 0 Å². The molecule has 27 heavy (non-hydrogen) atoms. The van der Waals surface area contributed by atoms with Gasteiger partial charge in [-0.2, -0.15) is 0 Å². The maximum atomic E-state index is 12.9. The quantitative estimate of drug-likeness (QED) is 0.767. The minimum atomic E-state index is -0.252. The molecule has 0 saturated heterocycles. The number of esters is 1. The zero-order valence-corrected chi connectivity index (χ0v) is 16.3. The van der Waals surface area contributed by atoms with Gasteiger partial charge in [-0.3, -0.25) is 9.59 Å². The predicted molar refractivity (Wildman–Crippen MR) is 101 cm³/mol. The van der Waals surface area contributed by atoms with E-state index in [4.69, 9.17) is 4.74 Å². The van der Waals surface area contributed by atoms with Crippen LogP contribution in [0, 0.1) is 46.8 Å². The van der Waals surface area contributed by atoms with E-state index in [0.717, 1.165) is 48.9 Å². The van der Waals surface area contributed by atoms with Gasteiger partial charge in [0.05, 0.1) is 5.41 Å². The van der Waals surface area contributed by atoms with Crippen LogP contribution in [0.1, 0.15) is 70.6 Å². The zero-order chi connectivity index (χ0) is 18.2. The van der Waals surface area contributed by atoms with Gasteiger partial charge >= 0.3 is 5.97 Å². The molecule has 0 aromatic rings. The fourth-order valence-electron chi connectivity index (χ4n) is 9.03. The van der Waals surface area contributed by atoms with E-state index in [9.17, 15) is 9.59 Å². The highest BCUT2D eigenvalue weighted by molar-refractivity contribution is 5.83. The van der Waals surface area contributed by atoms with Crippen LogP contribution in [0.2, 0.25) is 0 Å². The fraction of sp³-hybridized carbons (Fsp3) is 0.913. The van der Waals surface area contributed by atoms with Crippen LogP contribution in [0.3, 0.4) is 0 Å². The number of hydrogen-bond donors (Lipinski definition) is 1. The van der Waals surface area contributed by atoms with Gasteiger partial charge in [-0.05, 0) is 112 Å². The van der Waals surface area contributed by atoms with Gasteiger partial charge in [-0.15, -0.1) is 0 Å². The van der Waals surface area contributed by atoms with Gasteiger partial charge in [0.25, 0.3) is 5.91 Å². The molecular formula is C23H33NO3. The molecule has 8 saturated carbocycles. The average molecular weight is 372 g/mol. The largest absolute Gasteiger partial charge is 0.455 e. The van der Waals surface area contributed by atoms with Crippen molar-refractivity contribution in [1.82, 2.24) is 5.32 Å². The first-order valence-electron chi connectivity index (χ1n) is 11.5. The van der Waals surface area contributed by atoms with Gasteiger partial charge in [0, 0.05) is 6.04 Å². The highest BCUT2D eigenvalue weighted by Crippen LogP contribution is 2.60. The van der Waals surface area contributed by atoms with Crippen molar-refractivity contribution in [3.63, 3.8) is 0 Å². The predicted octanol–water partition coefficient (Wildman–Crippen LogP) is 3.69. The van der Waals surface area contributed by atoms with Crippen molar-refractivity contribution in [3.05, 3.63) is 0 Å². The van der Waals surface area contributed by atoms with Gasteiger partial charge in [0.1, 0.15) is 0 Å². The second kappa shape index (κ2) is 5.97. The summed E-state index contributed by atoms with van der Waals surface area (Å²) in [5, 5.41) is 3.27. The van der Waals surface area contributed by atoms with Gasteiger partial charge in [-0.1, -0.05) is 0 Å². The number of carbonyl (C=O) groups is 2. The van der Waals surface area contributed by atoms with E-state index < -0.39 is 0 Å². The van der Waals surface area contributed by atoms with Crippen LogP contribution in [0.15, 0.2) is 0 Å². The Labute approximate surface area is 162 Å². The molecule has 8 aliphatic carbocycles. The van der Waals surface area contributed by atoms with Crippen molar-refractivity contribution in [2.24, 2.45) is 46.8 Å². The van der Waals surface area contributed by atoms with E-state index in [0.29, 0.717) is 17.9 Å². The first kappa shape index (κ1) is 16.9. The van der Waals surface area contributed by atoms with Crippen LogP contribution in [0.25, 0.3) is 0 Å². The summed E-state index contributed by atoms with van der Waals surface area (Å²) in [4.78, 5) is 25.5. The van der Waals surface area contributed by atoms with Crippen molar-refractivity contribution in [2.75, 3.05) is 6.61 Å². The Morgan fingerprint density at radius 1 is 0.741 bits per heavy atom. The molecular weight excluding hydrogens is 338 g/mol. The molecule has 8 rings (SSSR count). The molecule has 0 aromatic heterocycles. The standard InChI is InChI=1S/C23H33NO3/c25-20(24-21-18-5-13-1-14(7-18)8-19(21)6-13)12-27-22(26)23-9-15-2-16(10-23)4-17(3-15)11-23/h13-19,21H,1-12H2,(H,24,25). The van der Waals surface area contributed by atoms with Crippen molar-refractivity contribution in [2.45, 2.75) is 76.7 Å². The maximum Gasteiger partial charge on any atom is 0.312 e. The molecule has 4 heteroatoms. The summed E-state index contributed by atoms with van der Waals surface area (Å²) in [6.45, 7) is -0.0661. The van der Waals surface area contributed by atoms with Crippen LogP contribution in [0.4, 0.5) is 0 Å². The molecule has 8 fully saturated rings. The number of ether oxygens (including phenoxy) is 1. The van der Waals surface area contributed by atoms with Gasteiger partial charge in [0.15, 0.2) is 6.61 Å². The number of hydrogen-bond acceptors (Lipinski definition) is 3. The number of amides is 1. The number of nitrogens with one attached hydrogen (secondary N) is 1. The molecule has 0 aliphatic heterocycles. The molecule has 0 aromatic carbocycles. The van der Waals surface area contributed by atoms with Crippen molar-refractivity contribution < 1.29 is 14.3 Å². The summed E-state index contributed by atoms with van der Waals surface area (Å²) in [6, 6.07) is 0.337. The summed E-state index contributed by atoms with van der Waals surface area (Å²) < 4.78 is 5.63. The van der Waals surface area contributed by atoms with E-state index in [1.165, 1.54) is 51.4 Å². The van der Waals surface area contributed by atoms with E-state index in [1.54, 1.807) is 0 Å². The SMILES string of the molecule is O=C(COC(=O)C12CC3CC(CC(C3)C1)C2)NC1C2CC3CC(C2)CC1C3. The Hall–Kier alpha value is -1.06. The Morgan fingerprint density at radius 3 is 1.74 bits per heavy atom. The molecule has 0 atom stereocenters. The summed E-state index contributed by atoms with van der Waals surface area (Å²) in [5.41, 5.74) is -0.252. The molecule has 0 radical (unpaired) electrons. The Morgan fingerprint density at radius 2 is 1.22 bits per heavy atom. The monoisotopic (exact) mass is 371 g/mol. The highest BCUT2D eigenvalue weighted by Gasteiger charge is 2.55. The van der Waals surface area contributed by atoms with Gasteiger partial charge < -0.3 is 10.1 Å². The zero-order valence-electron chi connectivity index (χ0n) is 16.3. The van der Waals surface area contributed by atoms with Gasteiger partial charge in [0.2, 0.25) is 0 Å². The first-order chi connectivity index (χ1) is 13.1. The molecule has 148 valence electrons. The molecule has 0 unspecified atom stereocenters. The molecule has 1 amide bonds. The third-order valence-corrected chi connectivity index (χ3v) is 9.36. The first-order valence-corrected chi connectivity index (χ1v) is 11.5. The molecule has 8 bridgehead atoms. The van der Waals surface area contributed by atoms with Crippen molar-refractivity contribution in [1.29, 1.82) is 0 Å². The third-order valence-electron chi connectivity index (χ3n) is 9.36. The molecule has 0 heterocycles. The van der Waals surface area contributed by atoms with E-state index in [2.05, 4.69) is 5.32 Å². The molecule has 8 aliphatic rings. The normalized spacial score (nSPS) is 51.4. The highest BCUT2D eigenvalue weighted by atomic mass is 16.5. The summed E-state index contributed by atoms with van der Waals surface area (Å²) in [7, 11) is 0. The van der Waals surface area contributed by atoms with E-state index in [-0.39, 0.29) is 23.9 Å². The maximum absolute atomic E-state index is 12.9. The molecule has 0 spiro atoms. The summed E-state index contributed by atoms with van der Waals surface area (Å²) in [6.07, 6.45) is 13.6. The fourth-order valence-corrected chi connectivity index (χ4v) is 9.03. The Balaban J connectivity index is 1.05.